The van der Waals surface area contributed by atoms with E-state index in [0.717, 1.165) is 0 Å². The molecule has 0 heterocycles. The minimum absolute atomic E-state index is 0.499. The average molecular weight is 228 g/mol. The van der Waals surface area contributed by atoms with Crippen LogP contribution in [0.2, 0.25) is 5.02 Å². The predicted molar refractivity (Wildman–Crippen MR) is 59.8 cm³/mol. The van der Waals surface area contributed by atoms with Gasteiger partial charge in [-0.1, -0.05) is 29.8 Å². The second-order valence-electron chi connectivity index (χ2n) is 4.03. The Morgan fingerprint density at radius 1 is 1.47 bits per heavy atom. The molecule has 0 spiro atoms. The lowest BCUT2D eigenvalue weighted by atomic mass is 9.81. The van der Waals surface area contributed by atoms with Crippen LogP contribution < -0.4 is 5.73 Å². The normalized spacial score (nSPS) is 13.6. The minimum Gasteiger partial charge on any atom is -0.481 e. The van der Waals surface area contributed by atoms with Gasteiger partial charge >= 0.3 is 5.97 Å². The summed E-state index contributed by atoms with van der Waals surface area (Å²) in [4.78, 5) is 11.0. The largest absolute Gasteiger partial charge is 0.481 e. The Morgan fingerprint density at radius 2 is 2.00 bits per heavy atom. The van der Waals surface area contributed by atoms with Crippen molar-refractivity contribution in [1.29, 1.82) is 0 Å². The van der Waals surface area contributed by atoms with Crippen LogP contribution in [0.3, 0.4) is 0 Å². The van der Waals surface area contributed by atoms with Gasteiger partial charge in [0.2, 0.25) is 0 Å². The van der Waals surface area contributed by atoms with Crippen molar-refractivity contribution < 1.29 is 9.90 Å². The molecule has 15 heavy (non-hydrogen) atoms. The van der Waals surface area contributed by atoms with Gasteiger partial charge in [0.05, 0.1) is 5.41 Å². The van der Waals surface area contributed by atoms with Crippen LogP contribution in [0.1, 0.15) is 25.5 Å². The molecule has 0 radical (unpaired) electrons. The van der Waals surface area contributed by atoms with E-state index in [0.29, 0.717) is 10.6 Å². The van der Waals surface area contributed by atoms with Crippen LogP contribution in [0.15, 0.2) is 24.3 Å². The smallest absolute Gasteiger partial charge is 0.311 e. The number of hydrogen-bond donors (Lipinski definition) is 2. The van der Waals surface area contributed by atoms with E-state index in [9.17, 15) is 4.79 Å². The van der Waals surface area contributed by atoms with Crippen molar-refractivity contribution in [1.82, 2.24) is 0 Å². The molecule has 0 aliphatic heterocycles. The van der Waals surface area contributed by atoms with Crippen molar-refractivity contribution in [2.24, 2.45) is 11.1 Å². The van der Waals surface area contributed by atoms with Crippen LogP contribution in [0.25, 0.3) is 0 Å². The molecule has 4 heteroatoms. The van der Waals surface area contributed by atoms with Gasteiger partial charge in [0.1, 0.15) is 0 Å². The first kappa shape index (κ1) is 12.0. The fourth-order valence-corrected chi connectivity index (χ4v) is 1.50. The van der Waals surface area contributed by atoms with Gasteiger partial charge in [-0.3, -0.25) is 4.79 Å². The Hall–Kier alpha value is -1.06. The predicted octanol–water partition coefficient (Wildman–Crippen LogP) is 2.45. The van der Waals surface area contributed by atoms with E-state index in [1.165, 1.54) is 0 Å². The summed E-state index contributed by atoms with van der Waals surface area (Å²) < 4.78 is 0. The number of carbonyl (C=O) groups is 1. The lowest BCUT2D eigenvalue weighted by Gasteiger charge is -2.27. The molecular formula is C11H14ClNO2. The molecule has 0 saturated heterocycles. The van der Waals surface area contributed by atoms with Crippen molar-refractivity contribution >= 4 is 17.6 Å². The Bertz CT molecular complexity index is 377. The number of halogens is 1. The van der Waals surface area contributed by atoms with Gasteiger partial charge in [0.25, 0.3) is 0 Å². The third-order valence-corrected chi connectivity index (χ3v) is 2.91. The molecule has 1 aromatic carbocycles. The second kappa shape index (κ2) is 4.21. The summed E-state index contributed by atoms with van der Waals surface area (Å²) in [6, 6.07) is 6.40. The summed E-state index contributed by atoms with van der Waals surface area (Å²) in [7, 11) is 0. The van der Waals surface area contributed by atoms with Crippen molar-refractivity contribution in [2.75, 3.05) is 0 Å². The van der Waals surface area contributed by atoms with Gasteiger partial charge in [0.15, 0.2) is 0 Å². The summed E-state index contributed by atoms with van der Waals surface area (Å²) in [6.45, 7) is 3.17. The van der Waals surface area contributed by atoms with Crippen molar-refractivity contribution in [2.45, 2.75) is 19.9 Å². The van der Waals surface area contributed by atoms with E-state index >= 15 is 0 Å². The zero-order valence-electron chi connectivity index (χ0n) is 8.70. The van der Waals surface area contributed by atoms with E-state index in [4.69, 9.17) is 22.4 Å². The van der Waals surface area contributed by atoms with Gasteiger partial charge < -0.3 is 10.8 Å². The summed E-state index contributed by atoms with van der Waals surface area (Å²) in [6.07, 6.45) is 0. The van der Waals surface area contributed by atoms with Crippen molar-refractivity contribution in [3.05, 3.63) is 34.9 Å². The molecule has 82 valence electrons. The first-order chi connectivity index (χ1) is 6.87. The fourth-order valence-electron chi connectivity index (χ4n) is 1.25. The topological polar surface area (TPSA) is 63.3 Å². The molecule has 1 rings (SSSR count). The van der Waals surface area contributed by atoms with Crippen LogP contribution in [0.4, 0.5) is 0 Å². The van der Waals surface area contributed by atoms with Gasteiger partial charge in [-0.05, 0) is 25.5 Å². The number of benzene rings is 1. The second-order valence-corrected chi connectivity index (χ2v) is 4.43. The molecule has 1 aromatic rings. The fraction of sp³-hybridized carbons (Fsp3) is 0.364. The first-order valence-corrected chi connectivity index (χ1v) is 4.98. The molecule has 1 unspecified atom stereocenters. The zero-order valence-corrected chi connectivity index (χ0v) is 9.45. The molecule has 1 atom stereocenters. The maximum Gasteiger partial charge on any atom is 0.311 e. The van der Waals surface area contributed by atoms with Crippen LogP contribution >= 0.6 is 11.6 Å². The highest BCUT2D eigenvalue weighted by molar-refractivity contribution is 6.31. The Morgan fingerprint density at radius 3 is 2.47 bits per heavy atom. The number of carboxylic acids is 1. The molecule has 0 aliphatic rings. The highest BCUT2D eigenvalue weighted by Crippen LogP contribution is 2.34. The minimum atomic E-state index is -1.04. The van der Waals surface area contributed by atoms with Crippen LogP contribution in [0, 0.1) is 5.41 Å². The number of aliphatic carboxylic acids is 1. The number of carboxylic acid groups (broad SMARTS) is 1. The molecule has 0 aliphatic carbocycles. The Kier molecular flexibility index (Phi) is 3.37. The third-order valence-electron chi connectivity index (χ3n) is 2.57. The monoisotopic (exact) mass is 227 g/mol. The molecule has 0 bridgehead atoms. The summed E-state index contributed by atoms with van der Waals surface area (Å²) in [5.41, 5.74) is 5.53. The third kappa shape index (κ3) is 2.30. The Balaban J connectivity index is 3.10. The zero-order chi connectivity index (χ0) is 11.6. The summed E-state index contributed by atoms with van der Waals surface area (Å²) in [5.74, 6) is -0.935. The standard InChI is InChI=1S/C11H14ClNO2/c1-11(2,10(14)15)9(13)7-5-3-4-6-8(7)12/h3-6,9H,13H2,1-2H3,(H,14,15). The first-order valence-electron chi connectivity index (χ1n) is 4.60. The molecule has 0 saturated carbocycles. The quantitative estimate of drug-likeness (QED) is 0.834. The van der Waals surface area contributed by atoms with Gasteiger partial charge in [0, 0.05) is 11.1 Å². The van der Waals surface area contributed by atoms with Gasteiger partial charge in [-0.15, -0.1) is 0 Å². The van der Waals surface area contributed by atoms with Crippen molar-refractivity contribution in [3.63, 3.8) is 0 Å². The number of nitrogens with two attached hydrogens (primary N) is 1. The maximum absolute atomic E-state index is 11.0. The van der Waals surface area contributed by atoms with E-state index in [1.54, 1.807) is 38.1 Å². The SMILES string of the molecule is CC(C)(C(=O)O)C(N)c1ccccc1Cl. The molecule has 0 fully saturated rings. The summed E-state index contributed by atoms with van der Waals surface area (Å²) >= 11 is 5.96. The Labute approximate surface area is 93.9 Å². The van der Waals surface area contributed by atoms with E-state index in [2.05, 4.69) is 0 Å². The highest BCUT2D eigenvalue weighted by Gasteiger charge is 2.36. The molecule has 3 nitrogen and oxygen atoms in total. The number of hydrogen-bond acceptors (Lipinski definition) is 2. The van der Waals surface area contributed by atoms with Gasteiger partial charge in [-0.25, -0.2) is 0 Å². The van der Waals surface area contributed by atoms with Crippen LogP contribution in [0.5, 0.6) is 0 Å². The van der Waals surface area contributed by atoms with E-state index in [-0.39, 0.29) is 0 Å². The lowest BCUT2D eigenvalue weighted by Crippen LogP contribution is -2.36. The highest BCUT2D eigenvalue weighted by atomic mass is 35.5. The van der Waals surface area contributed by atoms with E-state index < -0.39 is 17.4 Å². The van der Waals surface area contributed by atoms with Crippen molar-refractivity contribution in [3.8, 4) is 0 Å². The van der Waals surface area contributed by atoms with Gasteiger partial charge in [-0.2, -0.15) is 0 Å². The average Bonchev–Trinajstić information content (AvgIpc) is 2.17. The molecule has 0 aromatic heterocycles. The summed E-state index contributed by atoms with van der Waals surface area (Å²) in [5, 5.41) is 9.54. The number of rotatable bonds is 3. The maximum atomic E-state index is 11.0. The van der Waals surface area contributed by atoms with E-state index in [1.807, 2.05) is 0 Å². The lowest BCUT2D eigenvalue weighted by molar-refractivity contribution is -0.148. The molecule has 0 amide bonds. The van der Waals surface area contributed by atoms with Crippen LogP contribution in [-0.4, -0.2) is 11.1 Å². The molecule has 3 N–H and O–H groups in total. The van der Waals surface area contributed by atoms with Crippen LogP contribution in [-0.2, 0) is 4.79 Å². The molecular weight excluding hydrogens is 214 g/mol.